The minimum absolute atomic E-state index is 0.130. The van der Waals surface area contributed by atoms with Crippen LogP contribution in [0.5, 0.6) is 0 Å². The van der Waals surface area contributed by atoms with Crippen molar-refractivity contribution in [3.8, 4) is 33.4 Å². The Bertz CT molecular complexity index is 3000. The molecule has 0 nitrogen and oxygen atoms in total. The zero-order valence-electron chi connectivity index (χ0n) is 27.9. The fourth-order valence-electron chi connectivity index (χ4n) is 9.29. The third-order valence-corrected chi connectivity index (χ3v) is 12.6. The van der Waals surface area contributed by atoms with Crippen LogP contribution in [0.3, 0.4) is 0 Å². The van der Waals surface area contributed by atoms with Crippen molar-refractivity contribution in [1.82, 2.24) is 0 Å². The van der Waals surface area contributed by atoms with Crippen LogP contribution in [0.2, 0.25) is 0 Å². The van der Waals surface area contributed by atoms with E-state index in [1.807, 2.05) is 11.3 Å². The van der Waals surface area contributed by atoms with Gasteiger partial charge in [0.1, 0.15) is 0 Å². The lowest BCUT2D eigenvalue weighted by atomic mass is 9.80. The molecule has 1 aromatic heterocycles. The Kier molecular flexibility index (Phi) is 5.70. The smallest absolute Gasteiger partial charge is 0.0408 e. The molecule has 9 aromatic carbocycles. The molecule has 10 aromatic rings. The third kappa shape index (κ3) is 3.65. The van der Waals surface area contributed by atoms with Crippen LogP contribution < -0.4 is 0 Å². The van der Waals surface area contributed by atoms with Crippen LogP contribution in [0, 0.1) is 0 Å². The van der Waals surface area contributed by atoms with Crippen LogP contribution in [0.25, 0.3) is 96.6 Å². The van der Waals surface area contributed by atoms with Crippen LogP contribution in [-0.4, -0.2) is 0 Å². The van der Waals surface area contributed by atoms with Gasteiger partial charge in [-0.2, -0.15) is 0 Å². The summed E-state index contributed by atoms with van der Waals surface area (Å²) in [5, 5.41) is 13.2. The molecule has 1 aliphatic rings. The predicted molar refractivity (Wildman–Crippen MR) is 218 cm³/mol. The Morgan fingerprint density at radius 1 is 0.420 bits per heavy atom. The van der Waals surface area contributed by atoms with E-state index in [9.17, 15) is 0 Å². The summed E-state index contributed by atoms with van der Waals surface area (Å²) in [5.41, 5.74) is 10.7. The molecule has 1 heterocycles. The maximum atomic E-state index is 2.51. The molecule has 1 heteroatoms. The molecule has 11 rings (SSSR count). The summed E-state index contributed by atoms with van der Waals surface area (Å²) in [6.45, 7) is 4.86. The van der Waals surface area contributed by atoms with Gasteiger partial charge in [0.15, 0.2) is 0 Å². The molecular formula is C49H32S. The van der Waals surface area contributed by atoms with Crippen molar-refractivity contribution in [2.75, 3.05) is 0 Å². The van der Waals surface area contributed by atoms with Gasteiger partial charge in [0.2, 0.25) is 0 Å². The number of hydrogen-bond donors (Lipinski definition) is 0. The van der Waals surface area contributed by atoms with E-state index < -0.39 is 0 Å². The first kappa shape index (κ1) is 28.1. The molecule has 0 bridgehead atoms. The summed E-state index contributed by atoms with van der Waals surface area (Å²) in [6.07, 6.45) is 0. The number of thiophene rings is 1. The molecule has 0 spiro atoms. The van der Waals surface area contributed by atoms with Gasteiger partial charge in [0, 0.05) is 25.6 Å². The molecule has 0 saturated carbocycles. The van der Waals surface area contributed by atoms with Gasteiger partial charge >= 0.3 is 0 Å². The van der Waals surface area contributed by atoms with E-state index in [1.54, 1.807) is 0 Å². The lowest BCUT2D eigenvalue weighted by Crippen LogP contribution is -2.15. The topological polar surface area (TPSA) is 0 Å². The van der Waals surface area contributed by atoms with E-state index in [0.717, 1.165) is 0 Å². The summed E-state index contributed by atoms with van der Waals surface area (Å²) in [5.74, 6) is 0. The minimum atomic E-state index is -0.130. The maximum Gasteiger partial charge on any atom is 0.0408 e. The minimum Gasteiger partial charge on any atom is -0.135 e. The number of benzene rings is 9. The van der Waals surface area contributed by atoms with Crippen molar-refractivity contribution in [3.63, 3.8) is 0 Å². The first-order chi connectivity index (χ1) is 24.6. The largest absolute Gasteiger partial charge is 0.135 e. The van der Waals surface area contributed by atoms with Gasteiger partial charge < -0.3 is 0 Å². The van der Waals surface area contributed by atoms with Crippen molar-refractivity contribution in [1.29, 1.82) is 0 Å². The van der Waals surface area contributed by atoms with E-state index in [0.29, 0.717) is 0 Å². The molecule has 50 heavy (non-hydrogen) atoms. The summed E-state index contributed by atoms with van der Waals surface area (Å²) in [7, 11) is 0. The molecule has 0 aliphatic heterocycles. The Morgan fingerprint density at radius 3 is 1.66 bits per heavy atom. The van der Waals surface area contributed by atoms with Gasteiger partial charge in [-0.1, -0.05) is 159 Å². The molecule has 0 radical (unpaired) electrons. The molecule has 0 amide bonds. The average molecular weight is 653 g/mol. The highest BCUT2D eigenvalue weighted by Gasteiger charge is 2.39. The van der Waals surface area contributed by atoms with Crippen LogP contribution in [-0.2, 0) is 5.41 Å². The van der Waals surface area contributed by atoms with Crippen LogP contribution in [0.4, 0.5) is 0 Å². The number of hydrogen-bond acceptors (Lipinski definition) is 1. The molecule has 0 saturated heterocycles. The van der Waals surface area contributed by atoms with Crippen LogP contribution in [0.1, 0.15) is 25.0 Å². The monoisotopic (exact) mass is 652 g/mol. The summed E-state index contributed by atoms with van der Waals surface area (Å²) < 4.78 is 2.79. The highest BCUT2D eigenvalue weighted by atomic mass is 32.1. The fourth-order valence-corrected chi connectivity index (χ4v) is 10.7. The SMILES string of the molecule is CC1(C)c2ccc(-c3c4ccccc4c(-c4cccc5ccccc45)c4ccccc34)cc2-c2c1c1sc3ccccc3c1c1ccccc21. The number of rotatable bonds is 2. The Balaban J connectivity index is 1.25. The maximum absolute atomic E-state index is 2.51. The summed E-state index contributed by atoms with van der Waals surface area (Å²) >= 11 is 1.96. The van der Waals surface area contributed by atoms with Crippen molar-refractivity contribution in [2.45, 2.75) is 19.3 Å². The highest BCUT2D eigenvalue weighted by Crippen LogP contribution is 2.58. The second kappa shape index (κ2) is 10.1. The van der Waals surface area contributed by atoms with Crippen LogP contribution >= 0.6 is 11.3 Å². The summed E-state index contributed by atoms with van der Waals surface area (Å²) in [4.78, 5) is 0. The molecule has 1 aliphatic carbocycles. The first-order valence-electron chi connectivity index (χ1n) is 17.5. The van der Waals surface area contributed by atoms with Gasteiger partial charge in [-0.3, -0.25) is 0 Å². The normalized spacial score (nSPS) is 13.6. The van der Waals surface area contributed by atoms with Gasteiger partial charge in [-0.05, 0) is 99.7 Å². The lowest BCUT2D eigenvalue weighted by molar-refractivity contribution is 0.667. The zero-order valence-corrected chi connectivity index (χ0v) is 28.7. The van der Waals surface area contributed by atoms with E-state index >= 15 is 0 Å². The molecule has 0 N–H and O–H groups in total. The molecule has 0 unspecified atom stereocenters. The average Bonchev–Trinajstić information content (AvgIpc) is 3.66. The molecule has 234 valence electrons. The second-order valence-corrected chi connectivity index (χ2v) is 15.4. The molecule has 0 atom stereocenters. The second-order valence-electron chi connectivity index (χ2n) is 14.4. The highest BCUT2D eigenvalue weighted by molar-refractivity contribution is 7.26. The Hall–Kier alpha value is -5.76. The van der Waals surface area contributed by atoms with E-state index in [-0.39, 0.29) is 5.41 Å². The van der Waals surface area contributed by atoms with E-state index in [2.05, 4.69) is 172 Å². The first-order valence-corrected chi connectivity index (χ1v) is 18.3. The predicted octanol–water partition coefficient (Wildman–Crippen LogP) is 14.3. The lowest BCUT2D eigenvalue weighted by Gasteiger charge is -2.23. The van der Waals surface area contributed by atoms with Gasteiger partial charge in [0.05, 0.1) is 0 Å². The van der Waals surface area contributed by atoms with E-state index in [1.165, 1.54) is 108 Å². The van der Waals surface area contributed by atoms with Crippen molar-refractivity contribution >= 4 is 74.6 Å². The fraction of sp³-hybridized carbons (Fsp3) is 0.0612. The van der Waals surface area contributed by atoms with Crippen molar-refractivity contribution < 1.29 is 0 Å². The van der Waals surface area contributed by atoms with Gasteiger partial charge in [-0.25, -0.2) is 0 Å². The van der Waals surface area contributed by atoms with Gasteiger partial charge in [0.25, 0.3) is 0 Å². The Morgan fingerprint density at radius 2 is 0.960 bits per heavy atom. The summed E-state index contributed by atoms with van der Waals surface area (Å²) in [6, 6.07) is 58.9. The zero-order chi connectivity index (χ0) is 33.1. The molecular weight excluding hydrogens is 621 g/mol. The van der Waals surface area contributed by atoms with E-state index in [4.69, 9.17) is 0 Å². The van der Waals surface area contributed by atoms with Crippen molar-refractivity contribution in [2.24, 2.45) is 0 Å². The standard InChI is InChI=1S/C49H32S/c1-49(2)41-27-26-30(28-40(41)45-37-21-9-10-22-38(37)46-39-23-11-12-25-42(39)50-48(46)47(45)49)43-33-17-5-7-19-35(33)44(36-20-8-6-18-34(36)43)32-24-13-15-29-14-3-4-16-31(29)32/h3-28H,1-2H3. The quantitative estimate of drug-likeness (QED) is 0.163. The van der Waals surface area contributed by atoms with Crippen molar-refractivity contribution in [3.05, 3.63) is 169 Å². The van der Waals surface area contributed by atoms with Crippen LogP contribution in [0.15, 0.2) is 158 Å². The number of fused-ring (bicyclic) bond motifs is 13. The van der Waals surface area contributed by atoms with Gasteiger partial charge in [-0.15, -0.1) is 11.3 Å². The Labute approximate surface area is 294 Å². The molecule has 0 fully saturated rings. The third-order valence-electron chi connectivity index (χ3n) is 11.4.